The van der Waals surface area contributed by atoms with Crippen molar-refractivity contribution in [2.45, 2.75) is 6.54 Å². The number of hydrogen-bond donors (Lipinski definition) is 1. The molecule has 1 aliphatic rings. The van der Waals surface area contributed by atoms with E-state index in [0.29, 0.717) is 22.3 Å². The van der Waals surface area contributed by atoms with Crippen molar-refractivity contribution in [1.29, 1.82) is 0 Å². The fourth-order valence-corrected chi connectivity index (χ4v) is 2.42. The van der Waals surface area contributed by atoms with Crippen LogP contribution in [0.5, 0.6) is 11.5 Å². The summed E-state index contributed by atoms with van der Waals surface area (Å²) in [6, 6.07) is 1.45. The van der Waals surface area contributed by atoms with Crippen LogP contribution in [0.4, 0.5) is 0 Å². The number of carbonyl (C=O) groups is 1. The molecule has 0 aromatic heterocycles. The number of carbonyl (C=O) groups excluding carboxylic acids is 1. The molecule has 1 aliphatic heterocycles. The Bertz CT molecular complexity index is 445. The average molecular weight is 272 g/mol. The molecule has 1 aromatic carbocycles. The molecule has 1 N–H and O–H groups in total. The Hall–Kier alpha value is -1.23. The lowest BCUT2D eigenvalue weighted by Crippen LogP contribution is -2.17. The van der Waals surface area contributed by atoms with Crippen molar-refractivity contribution in [3.63, 3.8) is 0 Å². The molecule has 0 saturated heterocycles. The number of phenols is 1. The number of fused-ring (bicyclic) bond motifs is 1. The lowest BCUT2D eigenvalue weighted by molar-refractivity contribution is 0.0816. The van der Waals surface area contributed by atoms with Crippen LogP contribution >= 0.6 is 15.9 Å². The first-order valence-corrected chi connectivity index (χ1v) is 5.19. The topological polar surface area (TPSA) is 49.8 Å². The van der Waals surface area contributed by atoms with Gasteiger partial charge in [-0.1, -0.05) is 0 Å². The van der Waals surface area contributed by atoms with Gasteiger partial charge in [-0.25, -0.2) is 0 Å². The van der Waals surface area contributed by atoms with E-state index >= 15 is 0 Å². The van der Waals surface area contributed by atoms with Gasteiger partial charge in [0, 0.05) is 24.7 Å². The zero-order valence-electron chi connectivity index (χ0n) is 8.37. The third-order valence-corrected chi connectivity index (χ3v) is 3.32. The minimum atomic E-state index is -0.0800. The van der Waals surface area contributed by atoms with Crippen LogP contribution in [-0.2, 0) is 6.54 Å². The molecule has 0 fully saturated rings. The summed E-state index contributed by atoms with van der Waals surface area (Å²) in [6.07, 6.45) is 0. The number of benzene rings is 1. The molecular weight excluding hydrogens is 262 g/mol. The van der Waals surface area contributed by atoms with Crippen LogP contribution in [0.25, 0.3) is 0 Å². The Labute approximate surface area is 95.6 Å². The summed E-state index contributed by atoms with van der Waals surface area (Å²) in [5.41, 5.74) is 1.39. The Kier molecular flexibility index (Phi) is 2.34. The van der Waals surface area contributed by atoms with Gasteiger partial charge in [-0.2, -0.15) is 0 Å². The molecule has 1 heterocycles. The zero-order chi connectivity index (χ0) is 11.2. The summed E-state index contributed by atoms with van der Waals surface area (Å²) in [4.78, 5) is 13.2. The number of halogens is 1. The van der Waals surface area contributed by atoms with Gasteiger partial charge in [0.15, 0.2) is 11.5 Å². The van der Waals surface area contributed by atoms with Crippen LogP contribution in [0.3, 0.4) is 0 Å². The molecule has 0 aliphatic carbocycles. The van der Waals surface area contributed by atoms with E-state index in [4.69, 9.17) is 4.74 Å². The number of ether oxygens (including phenoxy) is 1. The minimum absolute atomic E-state index is 0.0215. The molecular formula is C10H10BrNO3. The van der Waals surface area contributed by atoms with E-state index in [-0.39, 0.29) is 11.7 Å². The molecule has 0 spiro atoms. The van der Waals surface area contributed by atoms with Gasteiger partial charge < -0.3 is 14.7 Å². The van der Waals surface area contributed by atoms with Crippen molar-refractivity contribution in [2.24, 2.45) is 0 Å². The molecule has 0 bridgehead atoms. The van der Waals surface area contributed by atoms with Crippen LogP contribution in [0.15, 0.2) is 10.5 Å². The molecule has 4 nitrogen and oxygen atoms in total. The number of nitrogens with zero attached hydrogens (tertiary/aromatic N) is 1. The van der Waals surface area contributed by atoms with E-state index in [2.05, 4.69) is 15.9 Å². The van der Waals surface area contributed by atoms with Crippen LogP contribution < -0.4 is 4.74 Å². The smallest absolute Gasteiger partial charge is 0.254 e. The summed E-state index contributed by atoms with van der Waals surface area (Å²) < 4.78 is 5.70. The van der Waals surface area contributed by atoms with Crippen LogP contribution in [-0.4, -0.2) is 30.1 Å². The van der Waals surface area contributed by atoms with E-state index in [1.54, 1.807) is 11.9 Å². The Morgan fingerprint density at radius 3 is 2.87 bits per heavy atom. The van der Waals surface area contributed by atoms with Crippen molar-refractivity contribution in [2.75, 3.05) is 14.2 Å². The summed E-state index contributed by atoms with van der Waals surface area (Å²) in [5, 5.41) is 9.63. The summed E-state index contributed by atoms with van der Waals surface area (Å²) in [5.74, 6) is 0.271. The molecule has 5 heteroatoms. The van der Waals surface area contributed by atoms with Gasteiger partial charge in [-0.15, -0.1) is 0 Å². The second-order valence-corrected chi connectivity index (χ2v) is 4.22. The second-order valence-electron chi connectivity index (χ2n) is 3.43. The Morgan fingerprint density at radius 2 is 2.27 bits per heavy atom. The first kappa shape index (κ1) is 10.3. The van der Waals surface area contributed by atoms with Crippen LogP contribution in [0, 0.1) is 0 Å². The summed E-state index contributed by atoms with van der Waals surface area (Å²) in [6.45, 7) is 0.533. The van der Waals surface area contributed by atoms with Crippen molar-refractivity contribution in [3.05, 3.63) is 21.7 Å². The molecule has 0 saturated carbocycles. The first-order chi connectivity index (χ1) is 7.06. The van der Waals surface area contributed by atoms with E-state index < -0.39 is 0 Å². The van der Waals surface area contributed by atoms with Crippen molar-refractivity contribution in [1.82, 2.24) is 4.90 Å². The Morgan fingerprint density at radius 1 is 1.60 bits per heavy atom. The molecule has 15 heavy (non-hydrogen) atoms. The van der Waals surface area contributed by atoms with Gasteiger partial charge in [0.2, 0.25) is 0 Å². The summed E-state index contributed by atoms with van der Waals surface area (Å²) in [7, 11) is 3.20. The highest BCUT2D eigenvalue weighted by atomic mass is 79.9. The second kappa shape index (κ2) is 3.41. The molecule has 2 rings (SSSR count). The van der Waals surface area contributed by atoms with E-state index in [1.165, 1.54) is 13.2 Å². The number of amides is 1. The lowest BCUT2D eigenvalue weighted by Gasteiger charge is -2.08. The highest BCUT2D eigenvalue weighted by molar-refractivity contribution is 9.10. The molecule has 0 atom stereocenters. The third-order valence-electron chi connectivity index (χ3n) is 2.48. The van der Waals surface area contributed by atoms with Gasteiger partial charge in [0.05, 0.1) is 11.6 Å². The zero-order valence-corrected chi connectivity index (χ0v) is 9.96. The highest BCUT2D eigenvalue weighted by Gasteiger charge is 2.29. The lowest BCUT2D eigenvalue weighted by atomic mass is 10.1. The predicted octanol–water partition coefficient (Wildman–Crippen LogP) is 1.75. The van der Waals surface area contributed by atoms with Gasteiger partial charge >= 0.3 is 0 Å². The van der Waals surface area contributed by atoms with Crippen molar-refractivity contribution in [3.8, 4) is 11.5 Å². The maximum atomic E-state index is 11.7. The normalized spacial score (nSPS) is 14.3. The minimum Gasteiger partial charge on any atom is -0.504 e. The predicted molar refractivity (Wildman–Crippen MR) is 58.2 cm³/mol. The van der Waals surface area contributed by atoms with Crippen molar-refractivity contribution >= 4 is 21.8 Å². The molecule has 80 valence electrons. The van der Waals surface area contributed by atoms with Crippen LogP contribution in [0.2, 0.25) is 0 Å². The average Bonchev–Trinajstić information content (AvgIpc) is 2.46. The maximum absolute atomic E-state index is 11.7. The van der Waals surface area contributed by atoms with Gasteiger partial charge in [0.1, 0.15) is 0 Å². The van der Waals surface area contributed by atoms with Gasteiger partial charge in [-0.3, -0.25) is 4.79 Å². The molecule has 0 unspecified atom stereocenters. The maximum Gasteiger partial charge on any atom is 0.254 e. The first-order valence-electron chi connectivity index (χ1n) is 4.40. The fraction of sp³-hybridized carbons (Fsp3) is 0.300. The van der Waals surface area contributed by atoms with Crippen LogP contribution in [0.1, 0.15) is 15.9 Å². The monoisotopic (exact) mass is 271 g/mol. The van der Waals surface area contributed by atoms with Crippen molar-refractivity contribution < 1.29 is 14.6 Å². The van der Waals surface area contributed by atoms with Gasteiger partial charge in [0.25, 0.3) is 5.91 Å². The summed E-state index contributed by atoms with van der Waals surface area (Å²) >= 11 is 3.33. The number of methoxy groups -OCH3 is 1. The fourth-order valence-electron chi connectivity index (χ4n) is 1.71. The SMILES string of the molecule is COc1c(O)cc2c(c1Br)CN(C)C2=O. The van der Waals surface area contributed by atoms with E-state index in [9.17, 15) is 9.90 Å². The Balaban J connectivity index is 2.66. The number of phenolic OH excluding ortho intramolecular Hbond substituents is 1. The van der Waals surface area contributed by atoms with Gasteiger partial charge in [-0.05, 0) is 22.0 Å². The third kappa shape index (κ3) is 1.38. The standard InChI is InChI=1S/C10H10BrNO3/c1-12-4-6-5(10(12)14)3-7(13)9(15-2)8(6)11/h3,13H,4H2,1-2H3. The number of hydrogen-bond acceptors (Lipinski definition) is 3. The van der Waals surface area contributed by atoms with E-state index in [1.807, 2.05) is 0 Å². The molecule has 1 aromatic rings. The molecule has 1 amide bonds. The number of aromatic hydroxyl groups is 1. The largest absolute Gasteiger partial charge is 0.504 e. The quantitative estimate of drug-likeness (QED) is 0.847. The number of rotatable bonds is 1. The van der Waals surface area contributed by atoms with E-state index in [0.717, 1.165) is 5.56 Å². The molecule has 0 radical (unpaired) electrons. The highest BCUT2D eigenvalue weighted by Crippen LogP contribution is 2.41.